The molecule has 312 valence electrons. The molecule has 4 N–H and O–H groups in total. The molecule has 2 aromatic carbocycles. The summed E-state index contributed by atoms with van der Waals surface area (Å²) in [7, 11) is -1.48. The van der Waals surface area contributed by atoms with Gasteiger partial charge < -0.3 is 14.8 Å². The van der Waals surface area contributed by atoms with E-state index in [1.807, 2.05) is 0 Å². The number of primary sulfonamides is 1. The quantitative estimate of drug-likeness (QED) is 0.151. The number of aromatic nitrogens is 4. The smallest absolute Gasteiger partial charge is 0.333 e. The van der Waals surface area contributed by atoms with E-state index in [9.17, 15) is 26.4 Å². The number of aryl methyl sites for hydroxylation is 6. The molecular weight excluding hydrogens is 785 g/mol. The SMILES string of the molecule is COC(C)c1cc(S(=O)(=O)NC(=O)Nc2c3c(cc4c2CCC4)CCC3)nn1C.COC(C)c1cc(S(N)(=O)=O)nn1C.O=C=Nc1c2c(cc3c1CCC3)CCC2. The van der Waals surface area contributed by atoms with Gasteiger partial charge >= 0.3 is 6.03 Å². The largest absolute Gasteiger partial charge is 0.375 e. The number of nitrogens with two attached hydrogens (primary N) is 1. The highest BCUT2D eigenvalue weighted by molar-refractivity contribution is 7.90. The Balaban J connectivity index is 0.000000164. The van der Waals surface area contributed by atoms with E-state index in [2.05, 4.69) is 37.4 Å². The molecule has 0 radical (unpaired) electrons. The number of isocyanates is 1. The molecule has 2 heterocycles. The standard InChI is InChI=1S/C20H26N4O4S.C13H13NO.C7H13N3O3S/c1-12(28-3)17-11-18(22-24(17)2)29(26,27)23-20(25)21-19-15-8-4-6-13(15)10-14-7-5-9-16(14)19;15-8-14-13-11-5-1-3-9(11)7-10-4-2-6-12(10)13;1-5(13-3)6-4-7(9-10(6)2)14(8,11)12/h10-12H,4-9H2,1-3H3,(H2,21,23,25);7H,1-6H2;4-5H,1-3H3,(H2,8,11,12). The van der Waals surface area contributed by atoms with E-state index in [0.29, 0.717) is 11.4 Å². The number of fused-ring (bicyclic) bond motifs is 4. The molecule has 16 nitrogen and oxygen atoms in total. The number of carbonyl (C=O) groups excluding carboxylic acids is 2. The van der Waals surface area contributed by atoms with E-state index < -0.39 is 26.1 Å². The number of aliphatic imine (C=N–C) groups is 1. The number of carbonyl (C=O) groups is 1. The first-order valence-electron chi connectivity index (χ1n) is 19.5. The second-order valence-electron chi connectivity index (χ2n) is 15.1. The number of rotatable bonds is 9. The number of nitrogens with one attached hydrogen (secondary N) is 2. The summed E-state index contributed by atoms with van der Waals surface area (Å²) in [6.07, 6.45) is 14.0. The van der Waals surface area contributed by atoms with Gasteiger partial charge in [-0.3, -0.25) is 9.36 Å². The van der Waals surface area contributed by atoms with E-state index in [0.717, 1.165) is 86.7 Å². The van der Waals surface area contributed by atoms with Crippen LogP contribution in [0, 0.1) is 0 Å². The first-order valence-corrected chi connectivity index (χ1v) is 22.5. The van der Waals surface area contributed by atoms with Crippen LogP contribution < -0.4 is 15.2 Å². The van der Waals surface area contributed by atoms with E-state index in [-0.39, 0.29) is 22.3 Å². The van der Waals surface area contributed by atoms with Gasteiger partial charge in [0.1, 0.15) is 0 Å². The molecule has 0 spiro atoms. The maximum atomic E-state index is 12.7. The number of anilines is 1. The molecule has 0 saturated carbocycles. The van der Waals surface area contributed by atoms with Crippen molar-refractivity contribution < 1.29 is 35.9 Å². The number of urea groups is 1. The number of amides is 2. The zero-order chi connectivity index (χ0) is 41.9. The van der Waals surface area contributed by atoms with Gasteiger partial charge in [-0.1, -0.05) is 12.1 Å². The van der Waals surface area contributed by atoms with E-state index in [4.69, 9.17) is 14.6 Å². The van der Waals surface area contributed by atoms with E-state index in [1.165, 1.54) is 81.9 Å². The number of sulfonamides is 2. The van der Waals surface area contributed by atoms with Crippen LogP contribution in [0.1, 0.15) is 108 Å². The van der Waals surface area contributed by atoms with E-state index in [1.54, 1.807) is 34.0 Å². The number of hydrogen-bond acceptors (Lipinski definition) is 11. The second-order valence-corrected chi connectivity index (χ2v) is 18.2. The molecule has 58 heavy (non-hydrogen) atoms. The molecular formula is C40H52N8O8S2. The van der Waals surface area contributed by atoms with Crippen LogP contribution in [0.4, 0.5) is 16.2 Å². The third-order valence-electron chi connectivity index (χ3n) is 11.4. The monoisotopic (exact) mass is 836 g/mol. The highest BCUT2D eigenvalue weighted by Gasteiger charge is 2.28. The molecule has 2 unspecified atom stereocenters. The minimum atomic E-state index is -4.10. The van der Waals surface area contributed by atoms with Gasteiger partial charge in [0, 0.05) is 46.1 Å². The molecule has 4 aliphatic carbocycles. The van der Waals surface area contributed by atoms with Crippen LogP contribution in [0.25, 0.3) is 0 Å². The molecule has 18 heteroatoms. The Hall–Kier alpha value is -4.71. The van der Waals surface area contributed by atoms with Gasteiger partial charge in [-0.15, -0.1) is 0 Å². The molecule has 0 saturated heterocycles. The lowest BCUT2D eigenvalue weighted by molar-refractivity contribution is 0.112. The van der Waals surface area contributed by atoms with Crippen LogP contribution in [0.15, 0.2) is 39.3 Å². The van der Waals surface area contributed by atoms with Crippen molar-refractivity contribution in [1.29, 1.82) is 0 Å². The Labute approximate surface area is 339 Å². The van der Waals surface area contributed by atoms with Gasteiger partial charge in [-0.05, 0) is 135 Å². The number of benzene rings is 2. The van der Waals surface area contributed by atoms with Gasteiger partial charge in [-0.25, -0.2) is 27.9 Å². The highest BCUT2D eigenvalue weighted by Crippen LogP contribution is 2.40. The summed E-state index contributed by atoms with van der Waals surface area (Å²) >= 11 is 0. The maximum absolute atomic E-state index is 12.7. The van der Waals surface area contributed by atoms with E-state index >= 15 is 0 Å². The molecule has 0 aliphatic heterocycles. The number of ether oxygens (including phenoxy) is 2. The lowest BCUT2D eigenvalue weighted by atomic mass is 9.99. The first kappa shape index (κ1) is 42.9. The Bertz CT molecular complexity index is 2420. The molecule has 4 aromatic rings. The summed E-state index contributed by atoms with van der Waals surface area (Å²) in [5.41, 5.74) is 13.3. The third kappa shape index (κ3) is 9.12. The molecule has 2 amide bonds. The molecule has 0 bridgehead atoms. The molecule has 2 atom stereocenters. The third-order valence-corrected chi connectivity index (χ3v) is 13.4. The van der Waals surface area contributed by atoms with Gasteiger partial charge in [0.15, 0.2) is 10.1 Å². The van der Waals surface area contributed by atoms with Gasteiger partial charge in [0.05, 0.1) is 29.3 Å². The summed E-state index contributed by atoms with van der Waals surface area (Å²) in [6.45, 7) is 3.59. The normalized spacial score (nSPS) is 16.1. The van der Waals surface area contributed by atoms with Crippen LogP contribution in [-0.4, -0.2) is 62.7 Å². The van der Waals surface area contributed by atoms with Gasteiger partial charge in [-0.2, -0.15) is 23.6 Å². The van der Waals surface area contributed by atoms with Crippen LogP contribution in [-0.2, 0) is 99.8 Å². The summed E-state index contributed by atoms with van der Waals surface area (Å²) in [4.78, 5) is 27.0. The Morgan fingerprint density at radius 2 is 1.14 bits per heavy atom. The molecule has 0 fully saturated rings. The van der Waals surface area contributed by atoms with Crippen LogP contribution in [0.2, 0.25) is 0 Å². The second kappa shape index (κ2) is 17.6. The topological polar surface area (TPSA) is 219 Å². The van der Waals surface area contributed by atoms with Crippen molar-refractivity contribution in [1.82, 2.24) is 24.3 Å². The van der Waals surface area contributed by atoms with Crippen molar-refractivity contribution >= 4 is 43.5 Å². The predicted molar refractivity (Wildman–Crippen MR) is 217 cm³/mol. The van der Waals surface area contributed by atoms with Crippen molar-refractivity contribution in [2.45, 2.75) is 113 Å². The summed E-state index contributed by atoms with van der Waals surface area (Å²) in [6, 6.07) is 6.67. The number of hydrogen-bond donors (Lipinski definition) is 3. The lowest BCUT2D eigenvalue weighted by Gasteiger charge is -2.16. The highest BCUT2D eigenvalue weighted by atomic mass is 32.2. The fraction of sp³-hybridized carbons (Fsp3) is 0.500. The van der Waals surface area contributed by atoms with Crippen LogP contribution >= 0.6 is 0 Å². The van der Waals surface area contributed by atoms with Crippen molar-refractivity contribution in [2.24, 2.45) is 24.2 Å². The number of methoxy groups -OCH3 is 2. The van der Waals surface area contributed by atoms with Crippen molar-refractivity contribution in [3.63, 3.8) is 0 Å². The van der Waals surface area contributed by atoms with Crippen molar-refractivity contribution in [2.75, 3.05) is 19.5 Å². The fourth-order valence-corrected chi connectivity index (χ4v) is 9.86. The van der Waals surface area contributed by atoms with Gasteiger partial charge in [0.2, 0.25) is 6.08 Å². The summed E-state index contributed by atoms with van der Waals surface area (Å²) < 4.78 is 62.6. The summed E-state index contributed by atoms with van der Waals surface area (Å²) in [5, 5.41) is 15.2. The fourth-order valence-electron chi connectivity index (χ4n) is 8.43. The molecule has 2 aromatic heterocycles. The average Bonchev–Trinajstić information content (AvgIpc) is 4.02. The Kier molecular flexibility index (Phi) is 13.0. The minimum absolute atomic E-state index is 0.140. The average molecular weight is 837 g/mol. The van der Waals surface area contributed by atoms with Crippen LogP contribution in [0.5, 0.6) is 0 Å². The maximum Gasteiger partial charge on any atom is 0.333 e. The zero-order valence-electron chi connectivity index (χ0n) is 33.8. The molecule has 4 aliphatic rings. The first-order chi connectivity index (χ1) is 27.6. The minimum Gasteiger partial charge on any atom is -0.375 e. The predicted octanol–water partition coefficient (Wildman–Crippen LogP) is 5.02. The lowest BCUT2D eigenvalue weighted by Crippen LogP contribution is -2.35. The van der Waals surface area contributed by atoms with Crippen molar-refractivity contribution in [3.05, 3.63) is 80.2 Å². The zero-order valence-corrected chi connectivity index (χ0v) is 35.5. The Morgan fingerprint density at radius 1 is 0.724 bits per heavy atom. The number of nitrogens with zero attached hydrogens (tertiary/aromatic N) is 5. The Morgan fingerprint density at radius 3 is 1.55 bits per heavy atom. The van der Waals surface area contributed by atoms with Crippen LogP contribution in [0.3, 0.4) is 0 Å². The molecule has 8 rings (SSSR count). The van der Waals surface area contributed by atoms with Crippen molar-refractivity contribution in [3.8, 4) is 0 Å². The van der Waals surface area contributed by atoms with Gasteiger partial charge in [0.25, 0.3) is 20.0 Å². The summed E-state index contributed by atoms with van der Waals surface area (Å²) in [5.74, 6) is 0.